The third-order valence-corrected chi connectivity index (χ3v) is 4.14. The van der Waals surface area contributed by atoms with Crippen molar-refractivity contribution in [3.8, 4) is 0 Å². The Kier molecular flexibility index (Phi) is 4.71. The molecule has 2 aromatic carbocycles. The van der Waals surface area contributed by atoms with E-state index in [4.69, 9.17) is 4.74 Å². The Morgan fingerprint density at radius 3 is 2.82 bits per heavy atom. The molecule has 4 nitrogen and oxygen atoms in total. The minimum Gasteiger partial charge on any atom is -0.386 e. The van der Waals surface area contributed by atoms with Gasteiger partial charge in [0.05, 0.1) is 13.2 Å². The lowest BCUT2D eigenvalue weighted by molar-refractivity contribution is -0.128. The van der Waals surface area contributed by atoms with E-state index >= 15 is 0 Å². The average Bonchev–Trinajstić information content (AvgIpc) is 2.96. The fraction of sp³-hybridized carbons (Fsp3) is 0.389. The van der Waals surface area contributed by atoms with Gasteiger partial charge in [0.15, 0.2) is 0 Å². The van der Waals surface area contributed by atoms with Crippen LogP contribution in [0, 0.1) is 0 Å². The van der Waals surface area contributed by atoms with Crippen LogP contribution in [0.2, 0.25) is 0 Å². The number of benzene rings is 2. The van der Waals surface area contributed by atoms with Gasteiger partial charge in [-0.1, -0.05) is 42.5 Å². The highest BCUT2D eigenvalue weighted by molar-refractivity contribution is 5.85. The van der Waals surface area contributed by atoms with Crippen LogP contribution >= 0.6 is 0 Å². The number of hydrogen-bond acceptors (Lipinski definition) is 3. The number of nitrogens with zero attached hydrogens (tertiary/aromatic N) is 1. The van der Waals surface area contributed by atoms with Crippen molar-refractivity contribution in [2.45, 2.75) is 18.9 Å². The van der Waals surface area contributed by atoms with Crippen molar-refractivity contribution in [2.24, 2.45) is 0 Å². The Morgan fingerprint density at radius 2 is 2.00 bits per heavy atom. The molecule has 1 atom stereocenters. The van der Waals surface area contributed by atoms with E-state index in [-0.39, 0.29) is 12.5 Å². The van der Waals surface area contributed by atoms with Crippen LogP contribution in [-0.2, 0) is 9.53 Å². The molecule has 1 amide bonds. The smallest absolute Gasteiger partial charge is 0.222 e. The largest absolute Gasteiger partial charge is 0.386 e. The molecule has 2 aromatic rings. The molecule has 1 fully saturated rings. The number of likely N-dealkylation sites (tertiary alicyclic amines) is 1. The maximum atomic E-state index is 11.5. The molecular formula is C18H21NO3. The highest BCUT2D eigenvalue weighted by Gasteiger charge is 2.19. The number of carbonyl (C=O) groups is 1. The van der Waals surface area contributed by atoms with Crippen LogP contribution in [-0.4, -0.2) is 42.2 Å². The number of aliphatic hydroxyl groups is 1. The van der Waals surface area contributed by atoms with E-state index in [9.17, 15) is 9.90 Å². The summed E-state index contributed by atoms with van der Waals surface area (Å²) in [4.78, 5) is 13.3. The van der Waals surface area contributed by atoms with Crippen LogP contribution in [0.5, 0.6) is 0 Å². The molecule has 0 aromatic heterocycles. The Morgan fingerprint density at radius 1 is 1.18 bits per heavy atom. The summed E-state index contributed by atoms with van der Waals surface area (Å²) in [5.41, 5.74) is 0.885. The van der Waals surface area contributed by atoms with Gasteiger partial charge in [-0.25, -0.2) is 0 Å². The molecule has 1 aliphatic rings. The fourth-order valence-corrected chi connectivity index (χ4v) is 2.94. The van der Waals surface area contributed by atoms with E-state index < -0.39 is 6.10 Å². The van der Waals surface area contributed by atoms with Crippen LogP contribution in [0.3, 0.4) is 0 Å². The van der Waals surface area contributed by atoms with Crippen molar-refractivity contribution in [1.82, 2.24) is 4.90 Å². The van der Waals surface area contributed by atoms with Gasteiger partial charge in [0.25, 0.3) is 0 Å². The van der Waals surface area contributed by atoms with E-state index in [1.165, 1.54) is 0 Å². The Labute approximate surface area is 130 Å². The average molecular weight is 299 g/mol. The van der Waals surface area contributed by atoms with Gasteiger partial charge < -0.3 is 14.7 Å². The lowest BCUT2D eigenvalue weighted by atomic mass is 10.0. The molecule has 0 radical (unpaired) electrons. The van der Waals surface area contributed by atoms with Crippen LogP contribution in [0.25, 0.3) is 10.8 Å². The van der Waals surface area contributed by atoms with Crippen molar-refractivity contribution >= 4 is 16.7 Å². The molecule has 22 heavy (non-hydrogen) atoms. The highest BCUT2D eigenvalue weighted by atomic mass is 16.5. The number of amides is 1. The van der Waals surface area contributed by atoms with Gasteiger partial charge in [0.2, 0.25) is 5.91 Å². The Bertz CT molecular complexity index is 650. The number of rotatable bonds is 6. The van der Waals surface area contributed by atoms with Crippen LogP contribution in [0.1, 0.15) is 24.5 Å². The van der Waals surface area contributed by atoms with Crippen LogP contribution in [0.4, 0.5) is 0 Å². The van der Waals surface area contributed by atoms with Gasteiger partial charge in [-0.15, -0.1) is 0 Å². The van der Waals surface area contributed by atoms with Gasteiger partial charge in [-0.3, -0.25) is 4.79 Å². The first-order chi connectivity index (χ1) is 10.8. The molecule has 0 spiro atoms. The van der Waals surface area contributed by atoms with Gasteiger partial charge in [-0.2, -0.15) is 0 Å². The molecule has 1 saturated heterocycles. The van der Waals surface area contributed by atoms with E-state index in [2.05, 4.69) is 0 Å². The van der Waals surface area contributed by atoms with Crippen molar-refractivity contribution in [3.63, 3.8) is 0 Å². The van der Waals surface area contributed by atoms with E-state index in [0.717, 1.165) is 29.3 Å². The molecule has 1 heterocycles. The zero-order valence-corrected chi connectivity index (χ0v) is 12.6. The lowest BCUT2D eigenvalue weighted by Crippen LogP contribution is -2.29. The topological polar surface area (TPSA) is 49.8 Å². The maximum Gasteiger partial charge on any atom is 0.222 e. The van der Waals surface area contributed by atoms with E-state index in [0.29, 0.717) is 19.6 Å². The summed E-state index contributed by atoms with van der Waals surface area (Å²) < 4.78 is 5.57. The lowest BCUT2D eigenvalue weighted by Gasteiger charge is -2.17. The first kappa shape index (κ1) is 15.0. The molecule has 116 valence electrons. The zero-order chi connectivity index (χ0) is 15.4. The fourth-order valence-electron chi connectivity index (χ4n) is 2.94. The van der Waals surface area contributed by atoms with Gasteiger partial charge >= 0.3 is 0 Å². The predicted molar refractivity (Wildman–Crippen MR) is 85.5 cm³/mol. The molecule has 1 N–H and O–H groups in total. The minimum atomic E-state index is -0.652. The third kappa shape index (κ3) is 3.29. The van der Waals surface area contributed by atoms with Crippen molar-refractivity contribution in [2.75, 3.05) is 26.3 Å². The molecule has 1 unspecified atom stereocenters. The predicted octanol–water partition coefficient (Wildman–Crippen LogP) is 2.51. The third-order valence-electron chi connectivity index (χ3n) is 4.14. The van der Waals surface area contributed by atoms with E-state index in [1.807, 2.05) is 47.4 Å². The summed E-state index contributed by atoms with van der Waals surface area (Å²) >= 11 is 0. The van der Waals surface area contributed by atoms with Gasteiger partial charge in [0, 0.05) is 19.5 Å². The molecular weight excluding hydrogens is 278 g/mol. The molecule has 0 saturated carbocycles. The van der Waals surface area contributed by atoms with Crippen LogP contribution in [0.15, 0.2) is 42.5 Å². The molecule has 3 rings (SSSR count). The Hall–Kier alpha value is -1.91. The second-order valence-corrected chi connectivity index (χ2v) is 5.64. The number of fused-ring (bicyclic) bond motifs is 1. The Balaban J connectivity index is 1.55. The van der Waals surface area contributed by atoms with Gasteiger partial charge in [0.1, 0.15) is 6.10 Å². The second kappa shape index (κ2) is 6.90. The monoisotopic (exact) mass is 299 g/mol. The minimum absolute atomic E-state index is 0.207. The standard InChI is InChI=1S/C18H21NO3/c20-17(13-22-12-11-19-10-4-9-18(19)21)16-8-3-6-14-5-1-2-7-15(14)16/h1-3,5-8,17,20H,4,9-13H2. The van der Waals surface area contributed by atoms with Crippen molar-refractivity contribution in [3.05, 3.63) is 48.0 Å². The van der Waals surface area contributed by atoms with Crippen LogP contribution < -0.4 is 0 Å². The van der Waals surface area contributed by atoms with Gasteiger partial charge in [-0.05, 0) is 22.8 Å². The SMILES string of the molecule is O=C1CCCN1CCOCC(O)c1cccc2ccccc12. The summed E-state index contributed by atoms with van der Waals surface area (Å²) in [6.07, 6.45) is 0.941. The molecule has 4 heteroatoms. The number of hydrogen-bond donors (Lipinski definition) is 1. The van der Waals surface area contributed by atoms with E-state index in [1.54, 1.807) is 0 Å². The highest BCUT2D eigenvalue weighted by Crippen LogP contribution is 2.24. The zero-order valence-electron chi connectivity index (χ0n) is 12.6. The summed E-state index contributed by atoms with van der Waals surface area (Å²) in [6, 6.07) is 13.9. The molecule has 0 aliphatic carbocycles. The second-order valence-electron chi connectivity index (χ2n) is 5.64. The molecule has 0 bridgehead atoms. The summed E-state index contributed by atoms with van der Waals surface area (Å²) in [7, 11) is 0. The first-order valence-corrected chi connectivity index (χ1v) is 7.77. The normalized spacial score (nSPS) is 16.4. The maximum absolute atomic E-state index is 11.5. The molecule has 1 aliphatic heterocycles. The number of aliphatic hydroxyl groups excluding tert-OH is 1. The summed E-state index contributed by atoms with van der Waals surface area (Å²) in [5.74, 6) is 0.207. The number of carbonyl (C=O) groups excluding carboxylic acids is 1. The summed E-state index contributed by atoms with van der Waals surface area (Å²) in [5, 5.41) is 12.5. The summed E-state index contributed by atoms with van der Waals surface area (Å²) in [6.45, 7) is 2.15. The first-order valence-electron chi connectivity index (χ1n) is 7.77. The van der Waals surface area contributed by atoms with Crippen molar-refractivity contribution in [1.29, 1.82) is 0 Å². The number of ether oxygens (including phenoxy) is 1. The van der Waals surface area contributed by atoms with Crippen molar-refractivity contribution < 1.29 is 14.6 Å². The quantitative estimate of drug-likeness (QED) is 0.834.